The van der Waals surface area contributed by atoms with Gasteiger partial charge in [-0.2, -0.15) is 4.31 Å². The van der Waals surface area contributed by atoms with Crippen molar-refractivity contribution in [1.29, 1.82) is 0 Å². The zero-order valence-corrected chi connectivity index (χ0v) is 15.4. The van der Waals surface area contributed by atoms with E-state index >= 15 is 0 Å². The predicted molar refractivity (Wildman–Crippen MR) is 99.4 cm³/mol. The molecule has 0 aliphatic carbocycles. The minimum absolute atomic E-state index is 0.0141. The minimum atomic E-state index is -3.53. The number of carbonyl (C=O) groups excluding carboxylic acids is 1. The lowest BCUT2D eigenvalue weighted by atomic mass is 9.97. The quantitative estimate of drug-likeness (QED) is 0.806. The standard InChI is InChI=1S/C19H22N2O4S/c1-14-6-8-16(9-7-14)26(24,25)21-12-10-15(11-13-21)19(23)20-17-4-2-3-5-18(17)22/h2-9,15,22H,10-13H2,1H3,(H,20,23). The Morgan fingerprint density at radius 2 is 1.69 bits per heavy atom. The van der Waals surface area contributed by atoms with Crippen molar-refractivity contribution < 1.29 is 18.3 Å². The number of amides is 1. The molecule has 1 aliphatic rings. The summed E-state index contributed by atoms with van der Waals surface area (Å²) in [6.07, 6.45) is 0.898. The van der Waals surface area contributed by atoms with Crippen molar-refractivity contribution in [3.8, 4) is 5.75 Å². The zero-order chi connectivity index (χ0) is 18.7. The molecule has 3 rings (SSSR count). The summed E-state index contributed by atoms with van der Waals surface area (Å²) >= 11 is 0. The Labute approximate surface area is 153 Å². The Hall–Kier alpha value is -2.38. The van der Waals surface area contributed by atoms with Gasteiger partial charge in [0.15, 0.2) is 0 Å². The molecule has 2 aromatic rings. The zero-order valence-electron chi connectivity index (χ0n) is 14.6. The third-order valence-electron chi connectivity index (χ3n) is 4.65. The van der Waals surface area contributed by atoms with E-state index < -0.39 is 10.0 Å². The normalized spacial score (nSPS) is 16.3. The van der Waals surface area contributed by atoms with Crippen molar-refractivity contribution in [2.75, 3.05) is 18.4 Å². The van der Waals surface area contributed by atoms with E-state index in [-0.39, 0.29) is 22.5 Å². The van der Waals surface area contributed by atoms with Gasteiger partial charge in [-0.05, 0) is 44.0 Å². The average molecular weight is 374 g/mol. The Morgan fingerprint density at radius 3 is 2.31 bits per heavy atom. The first-order valence-corrected chi connectivity index (χ1v) is 9.97. The first-order valence-electron chi connectivity index (χ1n) is 8.53. The van der Waals surface area contributed by atoms with Crippen LogP contribution in [0.25, 0.3) is 0 Å². The van der Waals surface area contributed by atoms with Gasteiger partial charge < -0.3 is 10.4 Å². The number of aromatic hydroxyl groups is 1. The largest absolute Gasteiger partial charge is 0.506 e. The number of sulfonamides is 1. The van der Waals surface area contributed by atoms with E-state index in [1.165, 1.54) is 10.4 Å². The molecule has 6 nitrogen and oxygen atoms in total. The summed E-state index contributed by atoms with van der Waals surface area (Å²) in [6.45, 7) is 2.51. The fraction of sp³-hybridized carbons (Fsp3) is 0.316. The summed E-state index contributed by atoms with van der Waals surface area (Å²) in [4.78, 5) is 12.7. The summed E-state index contributed by atoms with van der Waals surface area (Å²) in [5.74, 6) is -0.460. The third kappa shape index (κ3) is 3.89. The Morgan fingerprint density at radius 1 is 1.08 bits per heavy atom. The summed E-state index contributed by atoms with van der Waals surface area (Å²) in [5, 5.41) is 12.5. The Bertz CT molecular complexity index is 886. The van der Waals surface area contributed by atoms with Crippen LogP contribution in [0.15, 0.2) is 53.4 Å². The molecule has 1 heterocycles. The average Bonchev–Trinajstić information content (AvgIpc) is 2.64. The van der Waals surface area contributed by atoms with Gasteiger partial charge in [-0.15, -0.1) is 0 Å². The molecule has 0 radical (unpaired) electrons. The number of aryl methyl sites for hydroxylation is 1. The van der Waals surface area contributed by atoms with Crippen molar-refractivity contribution >= 4 is 21.6 Å². The second-order valence-corrected chi connectivity index (χ2v) is 8.44. The molecular weight excluding hydrogens is 352 g/mol. The molecule has 1 amide bonds. The summed E-state index contributed by atoms with van der Waals surface area (Å²) in [6, 6.07) is 13.3. The topological polar surface area (TPSA) is 86.7 Å². The smallest absolute Gasteiger partial charge is 0.243 e. The Kier molecular flexibility index (Phi) is 5.29. The number of piperidine rings is 1. The molecule has 26 heavy (non-hydrogen) atoms. The number of nitrogens with one attached hydrogen (secondary N) is 1. The van der Waals surface area contributed by atoms with E-state index in [0.29, 0.717) is 31.6 Å². The highest BCUT2D eigenvalue weighted by Crippen LogP contribution is 2.27. The van der Waals surface area contributed by atoms with E-state index in [1.54, 1.807) is 42.5 Å². The van der Waals surface area contributed by atoms with Gasteiger partial charge >= 0.3 is 0 Å². The number of para-hydroxylation sites is 2. The third-order valence-corrected chi connectivity index (χ3v) is 6.56. The van der Waals surface area contributed by atoms with Gasteiger partial charge in [0, 0.05) is 19.0 Å². The van der Waals surface area contributed by atoms with E-state index in [0.717, 1.165) is 5.56 Å². The van der Waals surface area contributed by atoms with E-state index in [1.807, 2.05) is 6.92 Å². The minimum Gasteiger partial charge on any atom is -0.506 e. The second kappa shape index (κ2) is 7.47. The number of nitrogens with zero attached hydrogens (tertiary/aromatic N) is 1. The second-order valence-electron chi connectivity index (χ2n) is 6.50. The van der Waals surface area contributed by atoms with Crippen molar-refractivity contribution in [2.24, 2.45) is 5.92 Å². The van der Waals surface area contributed by atoms with Crippen LogP contribution in [0, 0.1) is 12.8 Å². The molecule has 0 spiro atoms. The lowest BCUT2D eigenvalue weighted by molar-refractivity contribution is -0.120. The van der Waals surface area contributed by atoms with Crippen LogP contribution in [-0.4, -0.2) is 36.8 Å². The molecule has 0 atom stereocenters. The van der Waals surface area contributed by atoms with Gasteiger partial charge in [-0.25, -0.2) is 8.42 Å². The number of benzene rings is 2. The van der Waals surface area contributed by atoms with Crippen LogP contribution in [0.2, 0.25) is 0 Å². The van der Waals surface area contributed by atoms with Crippen LogP contribution >= 0.6 is 0 Å². The number of rotatable bonds is 4. The molecule has 138 valence electrons. The van der Waals surface area contributed by atoms with Crippen molar-refractivity contribution in [3.05, 3.63) is 54.1 Å². The molecule has 1 fully saturated rings. The Balaban J connectivity index is 1.62. The number of anilines is 1. The van der Waals surface area contributed by atoms with Crippen LogP contribution in [-0.2, 0) is 14.8 Å². The van der Waals surface area contributed by atoms with Crippen molar-refractivity contribution in [2.45, 2.75) is 24.7 Å². The number of hydrogen-bond donors (Lipinski definition) is 2. The van der Waals surface area contributed by atoms with Crippen LogP contribution < -0.4 is 5.32 Å². The van der Waals surface area contributed by atoms with E-state index in [2.05, 4.69) is 5.32 Å². The molecule has 1 aliphatic heterocycles. The van der Waals surface area contributed by atoms with Crippen LogP contribution in [0.1, 0.15) is 18.4 Å². The SMILES string of the molecule is Cc1ccc(S(=O)(=O)N2CCC(C(=O)Nc3ccccc3O)CC2)cc1. The molecular formula is C19H22N2O4S. The van der Waals surface area contributed by atoms with E-state index in [4.69, 9.17) is 0 Å². The summed E-state index contributed by atoms with van der Waals surface area (Å²) in [7, 11) is -3.53. The fourth-order valence-electron chi connectivity index (χ4n) is 3.03. The number of phenols is 1. The molecule has 2 aromatic carbocycles. The van der Waals surface area contributed by atoms with E-state index in [9.17, 15) is 18.3 Å². The highest BCUT2D eigenvalue weighted by atomic mass is 32.2. The highest BCUT2D eigenvalue weighted by molar-refractivity contribution is 7.89. The maximum atomic E-state index is 12.7. The van der Waals surface area contributed by atoms with Gasteiger partial charge in [0.25, 0.3) is 0 Å². The lowest BCUT2D eigenvalue weighted by Crippen LogP contribution is -2.41. The first-order chi connectivity index (χ1) is 12.4. The van der Waals surface area contributed by atoms with Crippen molar-refractivity contribution in [3.63, 3.8) is 0 Å². The number of hydrogen-bond acceptors (Lipinski definition) is 4. The van der Waals surface area contributed by atoms with Gasteiger partial charge in [-0.3, -0.25) is 4.79 Å². The summed E-state index contributed by atoms with van der Waals surface area (Å²) in [5.41, 5.74) is 1.37. The molecule has 7 heteroatoms. The van der Waals surface area contributed by atoms with Gasteiger partial charge in [0.05, 0.1) is 10.6 Å². The lowest BCUT2D eigenvalue weighted by Gasteiger charge is -2.30. The maximum Gasteiger partial charge on any atom is 0.243 e. The molecule has 0 aromatic heterocycles. The van der Waals surface area contributed by atoms with Crippen LogP contribution in [0.3, 0.4) is 0 Å². The van der Waals surface area contributed by atoms with Gasteiger partial charge in [0.1, 0.15) is 5.75 Å². The van der Waals surface area contributed by atoms with Crippen molar-refractivity contribution in [1.82, 2.24) is 4.31 Å². The summed E-state index contributed by atoms with van der Waals surface area (Å²) < 4.78 is 26.8. The monoisotopic (exact) mass is 374 g/mol. The molecule has 0 saturated carbocycles. The number of phenolic OH excluding ortho intramolecular Hbond substituents is 1. The molecule has 0 bridgehead atoms. The van der Waals surface area contributed by atoms with Gasteiger partial charge in [-0.1, -0.05) is 29.8 Å². The van der Waals surface area contributed by atoms with Gasteiger partial charge in [0.2, 0.25) is 15.9 Å². The molecule has 2 N–H and O–H groups in total. The first kappa shape index (κ1) is 18.4. The molecule has 0 unspecified atom stereocenters. The van der Waals surface area contributed by atoms with Crippen LogP contribution in [0.5, 0.6) is 5.75 Å². The molecule has 1 saturated heterocycles. The highest BCUT2D eigenvalue weighted by Gasteiger charge is 2.32. The maximum absolute atomic E-state index is 12.7. The fourth-order valence-corrected chi connectivity index (χ4v) is 4.50. The van der Waals surface area contributed by atoms with Crippen LogP contribution in [0.4, 0.5) is 5.69 Å². The number of carbonyl (C=O) groups is 1. The predicted octanol–water partition coefficient (Wildman–Crippen LogP) is 2.74.